The first-order valence-electron chi connectivity index (χ1n) is 8.21. The van der Waals surface area contributed by atoms with Crippen LogP contribution in [0.1, 0.15) is 29.3 Å². The van der Waals surface area contributed by atoms with Crippen molar-refractivity contribution in [2.45, 2.75) is 19.9 Å². The Kier molecular flexibility index (Phi) is 6.98. The number of amides is 2. The molecule has 0 saturated heterocycles. The first-order chi connectivity index (χ1) is 12.1. The molecule has 132 valence electrons. The number of hydrogen-bond acceptors (Lipinski definition) is 4. The third kappa shape index (κ3) is 5.93. The normalized spacial score (nSPS) is 10.3. The number of carbonyl (C=O) groups is 2. The highest BCUT2D eigenvalue weighted by atomic mass is 16.5. The Balaban J connectivity index is 1.82. The van der Waals surface area contributed by atoms with Crippen LogP contribution in [-0.4, -0.2) is 25.0 Å². The Morgan fingerprint density at radius 2 is 1.80 bits per heavy atom. The van der Waals surface area contributed by atoms with Gasteiger partial charge in [0, 0.05) is 17.8 Å². The topological polar surface area (TPSA) is 93.4 Å². The second-order valence-electron chi connectivity index (χ2n) is 5.47. The number of rotatable bonds is 9. The zero-order valence-electron chi connectivity index (χ0n) is 14.2. The van der Waals surface area contributed by atoms with Gasteiger partial charge in [-0.05, 0) is 42.4 Å². The summed E-state index contributed by atoms with van der Waals surface area (Å²) in [6, 6.07) is 14.2. The number of primary amides is 1. The van der Waals surface area contributed by atoms with Crippen molar-refractivity contribution in [3.05, 3.63) is 59.7 Å². The highest BCUT2D eigenvalue weighted by Crippen LogP contribution is 2.16. The van der Waals surface area contributed by atoms with E-state index in [1.54, 1.807) is 24.3 Å². The van der Waals surface area contributed by atoms with Gasteiger partial charge in [-0.3, -0.25) is 9.59 Å². The van der Waals surface area contributed by atoms with Crippen LogP contribution in [0, 0.1) is 0 Å². The van der Waals surface area contributed by atoms with Gasteiger partial charge in [0.25, 0.3) is 0 Å². The van der Waals surface area contributed by atoms with Crippen LogP contribution in [-0.2, 0) is 11.3 Å². The smallest absolute Gasteiger partial charge is 0.248 e. The fourth-order valence-corrected chi connectivity index (χ4v) is 2.25. The first-order valence-corrected chi connectivity index (χ1v) is 8.21. The molecule has 0 radical (unpaired) electrons. The second-order valence-corrected chi connectivity index (χ2v) is 5.47. The molecule has 0 fully saturated rings. The predicted octanol–water partition coefficient (Wildman–Crippen LogP) is 2.30. The molecule has 0 unspecified atom stereocenters. The lowest BCUT2D eigenvalue weighted by Gasteiger charge is -2.12. The molecule has 6 heteroatoms. The lowest BCUT2D eigenvalue weighted by Crippen LogP contribution is -2.18. The van der Waals surface area contributed by atoms with Crippen molar-refractivity contribution in [2.24, 2.45) is 5.73 Å². The van der Waals surface area contributed by atoms with Crippen molar-refractivity contribution in [1.29, 1.82) is 0 Å². The Hall–Kier alpha value is -2.86. The largest absolute Gasteiger partial charge is 0.493 e. The zero-order valence-corrected chi connectivity index (χ0v) is 14.2. The van der Waals surface area contributed by atoms with E-state index in [0.717, 1.165) is 17.8 Å². The summed E-state index contributed by atoms with van der Waals surface area (Å²) >= 11 is 0. The number of nitrogens with one attached hydrogen (secondary N) is 2. The van der Waals surface area contributed by atoms with E-state index in [4.69, 9.17) is 10.5 Å². The van der Waals surface area contributed by atoms with E-state index in [0.29, 0.717) is 17.9 Å². The number of anilines is 1. The van der Waals surface area contributed by atoms with Gasteiger partial charge in [0.1, 0.15) is 5.75 Å². The van der Waals surface area contributed by atoms with Crippen molar-refractivity contribution in [2.75, 3.05) is 18.5 Å². The molecule has 6 nitrogen and oxygen atoms in total. The lowest BCUT2D eigenvalue weighted by atomic mass is 10.1. The molecule has 2 amide bonds. The molecule has 0 heterocycles. The van der Waals surface area contributed by atoms with Crippen LogP contribution in [0.25, 0.3) is 0 Å². The molecule has 4 N–H and O–H groups in total. The Bertz CT molecular complexity index is 714. The summed E-state index contributed by atoms with van der Waals surface area (Å²) < 4.78 is 5.52. The quantitative estimate of drug-likeness (QED) is 0.652. The van der Waals surface area contributed by atoms with Gasteiger partial charge in [-0.25, -0.2) is 0 Å². The van der Waals surface area contributed by atoms with Crippen LogP contribution in [0.3, 0.4) is 0 Å². The minimum atomic E-state index is -0.484. The molecule has 0 aliphatic heterocycles. The minimum absolute atomic E-state index is 0.113. The minimum Gasteiger partial charge on any atom is -0.493 e. The highest BCUT2D eigenvalue weighted by molar-refractivity contribution is 5.93. The van der Waals surface area contributed by atoms with Crippen LogP contribution < -0.4 is 21.1 Å². The van der Waals surface area contributed by atoms with E-state index in [2.05, 4.69) is 10.6 Å². The number of ether oxygens (including phenoxy) is 1. The van der Waals surface area contributed by atoms with Gasteiger partial charge in [0.05, 0.1) is 13.0 Å². The van der Waals surface area contributed by atoms with Crippen molar-refractivity contribution < 1.29 is 14.3 Å². The first kappa shape index (κ1) is 18.5. The van der Waals surface area contributed by atoms with Crippen LogP contribution >= 0.6 is 0 Å². The summed E-state index contributed by atoms with van der Waals surface area (Å²) in [6.45, 7) is 3.85. The summed E-state index contributed by atoms with van der Waals surface area (Å²) in [5.74, 6) is -0.00907. The molecule has 0 aromatic heterocycles. The van der Waals surface area contributed by atoms with Gasteiger partial charge in [-0.1, -0.05) is 25.1 Å². The van der Waals surface area contributed by atoms with Gasteiger partial charge in [0.15, 0.2) is 0 Å². The fourth-order valence-electron chi connectivity index (χ4n) is 2.25. The molecule has 2 aromatic rings. The standard InChI is InChI=1S/C19H23N3O3/c1-2-21-13-15-5-3-4-6-17(15)22-18(23)11-12-25-16-9-7-14(8-10-16)19(20)24/h3-10,21H,2,11-13H2,1H3,(H2,20,24)(H,22,23). The SMILES string of the molecule is CCNCc1ccccc1NC(=O)CCOc1ccc(C(N)=O)cc1. The molecular weight excluding hydrogens is 318 g/mol. The predicted molar refractivity (Wildman–Crippen MR) is 97.5 cm³/mol. The average Bonchev–Trinajstić information content (AvgIpc) is 2.61. The maximum Gasteiger partial charge on any atom is 0.248 e. The molecule has 0 aliphatic rings. The van der Waals surface area contributed by atoms with E-state index < -0.39 is 5.91 Å². The molecule has 0 saturated carbocycles. The average molecular weight is 341 g/mol. The molecular formula is C19H23N3O3. The monoisotopic (exact) mass is 341 g/mol. The van der Waals surface area contributed by atoms with E-state index in [1.807, 2.05) is 31.2 Å². The number of hydrogen-bond donors (Lipinski definition) is 3. The second kappa shape index (κ2) is 9.44. The van der Waals surface area contributed by atoms with Crippen molar-refractivity contribution in [3.63, 3.8) is 0 Å². The van der Waals surface area contributed by atoms with Gasteiger partial charge in [0.2, 0.25) is 11.8 Å². The summed E-state index contributed by atoms with van der Waals surface area (Å²) in [6.07, 6.45) is 0.229. The van der Waals surface area contributed by atoms with Gasteiger partial charge >= 0.3 is 0 Å². The van der Waals surface area contributed by atoms with Crippen molar-refractivity contribution >= 4 is 17.5 Å². The molecule has 2 aromatic carbocycles. The maximum absolute atomic E-state index is 12.1. The van der Waals surface area contributed by atoms with Crippen LogP contribution in [0.4, 0.5) is 5.69 Å². The third-order valence-corrected chi connectivity index (χ3v) is 3.59. The molecule has 0 bridgehead atoms. The lowest BCUT2D eigenvalue weighted by molar-refractivity contribution is -0.116. The number of para-hydroxylation sites is 1. The third-order valence-electron chi connectivity index (χ3n) is 3.59. The Labute approximate surface area is 147 Å². The number of carbonyl (C=O) groups excluding carboxylic acids is 2. The van der Waals surface area contributed by atoms with Crippen LogP contribution in [0.15, 0.2) is 48.5 Å². The summed E-state index contributed by atoms with van der Waals surface area (Å²) in [7, 11) is 0. The highest BCUT2D eigenvalue weighted by Gasteiger charge is 2.07. The summed E-state index contributed by atoms with van der Waals surface area (Å²) in [4.78, 5) is 23.1. The van der Waals surface area contributed by atoms with Crippen molar-refractivity contribution in [3.8, 4) is 5.75 Å². The van der Waals surface area contributed by atoms with E-state index in [9.17, 15) is 9.59 Å². The van der Waals surface area contributed by atoms with E-state index in [1.165, 1.54) is 0 Å². The maximum atomic E-state index is 12.1. The molecule has 2 rings (SSSR count). The van der Waals surface area contributed by atoms with Gasteiger partial charge in [-0.2, -0.15) is 0 Å². The van der Waals surface area contributed by atoms with Gasteiger partial charge in [-0.15, -0.1) is 0 Å². The van der Waals surface area contributed by atoms with E-state index >= 15 is 0 Å². The Morgan fingerprint density at radius 1 is 1.08 bits per heavy atom. The summed E-state index contributed by atoms with van der Waals surface area (Å²) in [5.41, 5.74) is 7.45. The van der Waals surface area contributed by atoms with E-state index in [-0.39, 0.29) is 18.9 Å². The summed E-state index contributed by atoms with van der Waals surface area (Å²) in [5, 5.41) is 6.16. The molecule has 0 spiro atoms. The molecule has 25 heavy (non-hydrogen) atoms. The zero-order chi connectivity index (χ0) is 18.1. The number of nitrogens with two attached hydrogens (primary N) is 1. The van der Waals surface area contributed by atoms with Crippen molar-refractivity contribution in [1.82, 2.24) is 5.32 Å². The molecule has 0 atom stereocenters. The number of benzene rings is 2. The van der Waals surface area contributed by atoms with Crippen LogP contribution in [0.5, 0.6) is 5.75 Å². The fraction of sp³-hybridized carbons (Fsp3) is 0.263. The molecule has 0 aliphatic carbocycles. The Morgan fingerprint density at radius 3 is 2.48 bits per heavy atom. The van der Waals surface area contributed by atoms with Gasteiger partial charge < -0.3 is 21.1 Å². The van der Waals surface area contributed by atoms with Crippen LogP contribution in [0.2, 0.25) is 0 Å².